The summed E-state index contributed by atoms with van der Waals surface area (Å²) in [5.74, 6) is 2.63. The van der Waals surface area contributed by atoms with E-state index in [1.54, 1.807) is 0 Å². The summed E-state index contributed by atoms with van der Waals surface area (Å²) in [6, 6.07) is 15.2. The molecule has 35 heavy (non-hydrogen) atoms. The van der Waals surface area contributed by atoms with Gasteiger partial charge in [0.15, 0.2) is 23.0 Å². The minimum absolute atomic E-state index is 0.282. The summed E-state index contributed by atoms with van der Waals surface area (Å²) in [5.41, 5.74) is 0. The highest BCUT2D eigenvalue weighted by Crippen LogP contribution is 2.28. The lowest BCUT2D eigenvalue weighted by atomic mass is 10.3. The molecule has 0 spiro atoms. The van der Waals surface area contributed by atoms with Crippen molar-refractivity contribution in [1.29, 1.82) is 0 Å². The molecular formula is C27H37NO6S. The smallest absolute Gasteiger partial charge is 0.161 e. The number of thiocarbonyl (C=S) groups is 1. The molecule has 3 rings (SSSR count). The number of rotatable bonds is 7. The monoisotopic (exact) mass is 503 g/mol. The van der Waals surface area contributed by atoms with E-state index < -0.39 is 0 Å². The molecule has 8 heteroatoms. The van der Waals surface area contributed by atoms with Gasteiger partial charge in [-0.1, -0.05) is 50.3 Å². The first kappa shape index (κ1) is 27.0. The summed E-state index contributed by atoms with van der Waals surface area (Å²) in [5, 5.41) is 0. The van der Waals surface area contributed by atoms with Gasteiger partial charge in [-0.3, -0.25) is 0 Å². The summed E-state index contributed by atoms with van der Waals surface area (Å²) >= 11 is 5.68. The second-order valence-electron chi connectivity index (χ2n) is 8.14. The molecule has 192 valence electrons. The van der Waals surface area contributed by atoms with E-state index in [9.17, 15) is 0 Å². The summed E-state index contributed by atoms with van der Waals surface area (Å²) < 4.78 is 35.8. The van der Waals surface area contributed by atoms with Crippen LogP contribution in [0.4, 0.5) is 0 Å². The van der Waals surface area contributed by atoms with Crippen LogP contribution in [0.2, 0.25) is 0 Å². The molecule has 0 aromatic heterocycles. The van der Waals surface area contributed by atoms with Crippen LogP contribution in [0.1, 0.15) is 26.7 Å². The third-order valence-corrected chi connectivity index (χ3v) is 5.68. The Morgan fingerprint density at radius 2 is 1.23 bits per heavy atom. The number of hydrogen-bond acceptors (Lipinski definition) is 7. The van der Waals surface area contributed by atoms with Crippen molar-refractivity contribution in [3.8, 4) is 23.0 Å². The Balaban J connectivity index is 1.72. The van der Waals surface area contributed by atoms with Crippen molar-refractivity contribution in [3.63, 3.8) is 0 Å². The zero-order valence-electron chi connectivity index (χ0n) is 20.8. The van der Waals surface area contributed by atoms with Gasteiger partial charge >= 0.3 is 0 Å². The lowest BCUT2D eigenvalue weighted by Crippen LogP contribution is -2.37. The SMILES string of the molecule is CCCN(CCC)C(=S)COC1COc2ccccc2OCCOCCOc2ccccc2OC1. The standard InChI is InChI=1S/C27H37NO6S/c1-3-13-28(14-4-2)27(35)21-32-22-19-33-25-11-7-5-9-23(25)30-17-15-29-16-18-31-24-10-6-8-12-26(24)34-20-22/h5-12,22H,3-4,13-21H2,1-2H3. The molecule has 0 bridgehead atoms. The van der Waals surface area contributed by atoms with E-state index >= 15 is 0 Å². The van der Waals surface area contributed by atoms with Crippen LogP contribution in [0.3, 0.4) is 0 Å². The first-order chi connectivity index (χ1) is 17.2. The second-order valence-corrected chi connectivity index (χ2v) is 8.61. The molecule has 0 N–H and O–H groups in total. The van der Waals surface area contributed by atoms with Crippen LogP contribution in [0, 0.1) is 0 Å². The molecule has 0 radical (unpaired) electrons. The zero-order valence-corrected chi connectivity index (χ0v) is 21.6. The Hall–Kier alpha value is -2.55. The van der Waals surface area contributed by atoms with Crippen molar-refractivity contribution < 1.29 is 28.4 Å². The normalized spacial score (nSPS) is 15.4. The van der Waals surface area contributed by atoms with Crippen molar-refractivity contribution in [3.05, 3.63) is 48.5 Å². The molecule has 1 aliphatic heterocycles. The summed E-state index contributed by atoms with van der Waals surface area (Å²) in [7, 11) is 0. The second kappa shape index (κ2) is 15.4. The predicted octanol–water partition coefficient (Wildman–Crippen LogP) is 4.77. The van der Waals surface area contributed by atoms with Crippen LogP contribution in [0.15, 0.2) is 48.5 Å². The first-order valence-electron chi connectivity index (χ1n) is 12.4. The van der Waals surface area contributed by atoms with Gasteiger partial charge in [-0.25, -0.2) is 0 Å². The van der Waals surface area contributed by atoms with Gasteiger partial charge in [0.1, 0.15) is 37.5 Å². The van der Waals surface area contributed by atoms with Gasteiger partial charge in [0.25, 0.3) is 0 Å². The molecule has 2 aromatic rings. The molecule has 1 aliphatic rings. The molecule has 0 aliphatic carbocycles. The van der Waals surface area contributed by atoms with Gasteiger partial charge < -0.3 is 33.3 Å². The number of fused-ring (bicyclic) bond motifs is 2. The van der Waals surface area contributed by atoms with Crippen molar-refractivity contribution in [2.45, 2.75) is 32.8 Å². The molecule has 0 amide bonds. The molecule has 2 aromatic carbocycles. The van der Waals surface area contributed by atoms with E-state index in [1.165, 1.54) is 0 Å². The van der Waals surface area contributed by atoms with E-state index in [4.69, 9.17) is 40.6 Å². The van der Waals surface area contributed by atoms with Crippen LogP contribution in [-0.2, 0) is 9.47 Å². The van der Waals surface area contributed by atoms with Crippen molar-refractivity contribution in [2.75, 3.05) is 59.3 Å². The number of nitrogens with zero attached hydrogens (tertiary/aromatic N) is 1. The molecule has 0 saturated heterocycles. The van der Waals surface area contributed by atoms with Crippen molar-refractivity contribution in [1.82, 2.24) is 4.90 Å². The van der Waals surface area contributed by atoms with Gasteiger partial charge in [0.2, 0.25) is 0 Å². The highest BCUT2D eigenvalue weighted by atomic mass is 32.1. The predicted molar refractivity (Wildman–Crippen MR) is 140 cm³/mol. The lowest BCUT2D eigenvalue weighted by Gasteiger charge is -2.26. The van der Waals surface area contributed by atoms with Crippen LogP contribution < -0.4 is 18.9 Å². The maximum atomic E-state index is 6.22. The van der Waals surface area contributed by atoms with Crippen LogP contribution in [0.25, 0.3) is 0 Å². The van der Waals surface area contributed by atoms with Crippen LogP contribution >= 0.6 is 12.2 Å². The van der Waals surface area contributed by atoms with E-state index in [0.717, 1.165) is 30.9 Å². The largest absolute Gasteiger partial charge is 0.487 e. The molecule has 0 unspecified atom stereocenters. The number of ether oxygens (including phenoxy) is 6. The maximum absolute atomic E-state index is 6.22. The minimum atomic E-state index is -0.351. The molecule has 7 nitrogen and oxygen atoms in total. The van der Waals surface area contributed by atoms with Crippen LogP contribution in [-0.4, -0.2) is 75.3 Å². The van der Waals surface area contributed by atoms with E-state index in [2.05, 4.69) is 18.7 Å². The Kier molecular flexibility index (Phi) is 11.9. The number of para-hydroxylation sites is 4. The molecule has 0 atom stereocenters. The van der Waals surface area contributed by atoms with Gasteiger partial charge in [0.05, 0.1) is 19.8 Å². The third-order valence-electron chi connectivity index (χ3n) is 5.30. The van der Waals surface area contributed by atoms with Gasteiger partial charge in [-0.2, -0.15) is 0 Å². The summed E-state index contributed by atoms with van der Waals surface area (Å²) in [4.78, 5) is 3.01. The minimum Gasteiger partial charge on any atom is -0.487 e. The number of benzene rings is 2. The maximum Gasteiger partial charge on any atom is 0.161 e. The lowest BCUT2D eigenvalue weighted by molar-refractivity contribution is 0.00630. The Labute approximate surface area is 214 Å². The van der Waals surface area contributed by atoms with Crippen molar-refractivity contribution in [2.24, 2.45) is 0 Å². The fourth-order valence-corrected chi connectivity index (χ4v) is 3.84. The fraction of sp³-hybridized carbons (Fsp3) is 0.519. The summed E-state index contributed by atoms with van der Waals surface area (Å²) in [6.45, 7) is 8.78. The van der Waals surface area contributed by atoms with E-state index in [1.807, 2.05) is 48.5 Å². The van der Waals surface area contributed by atoms with Crippen molar-refractivity contribution >= 4 is 17.2 Å². The van der Waals surface area contributed by atoms with Gasteiger partial charge in [0, 0.05) is 13.1 Å². The zero-order chi connectivity index (χ0) is 24.7. The topological polar surface area (TPSA) is 58.6 Å². The summed E-state index contributed by atoms with van der Waals surface area (Å²) in [6.07, 6.45) is 1.72. The first-order valence-corrected chi connectivity index (χ1v) is 12.8. The third kappa shape index (κ3) is 9.20. The van der Waals surface area contributed by atoms with E-state index in [0.29, 0.717) is 56.0 Å². The van der Waals surface area contributed by atoms with Gasteiger partial charge in [-0.15, -0.1) is 0 Å². The van der Waals surface area contributed by atoms with Crippen LogP contribution in [0.5, 0.6) is 23.0 Å². The highest BCUT2D eigenvalue weighted by Gasteiger charge is 2.18. The Morgan fingerprint density at radius 1 is 0.771 bits per heavy atom. The average molecular weight is 504 g/mol. The van der Waals surface area contributed by atoms with Gasteiger partial charge in [-0.05, 0) is 37.1 Å². The molecule has 0 saturated carbocycles. The average Bonchev–Trinajstić information content (AvgIpc) is 2.88. The molecule has 1 heterocycles. The van der Waals surface area contributed by atoms with E-state index in [-0.39, 0.29) is 19.3 Å². The Morgan fingerprint density at radius 3 is 1.69 bits per heavy atom. The number of hydrogen-bond donors (Lipinski definition) is 0. The highest BCUT2D eigenvalue weighted by molar-refractivity contribution is 7.80. The molecule has 0 fully saturated rings. The quantitative estimate of drug-likeness (QED) is 0.501. The Bertz CT molecular complexity index is 834. The fourth-order valence-electron chi connectivity index (χ4n) is 3.59. The molecular weight excluding hydrogens is 466 g/mol.